The zero-order chi connectivity index (χ0) is 22.3. The lowest BCUT2D eigenvalue weighted by atomic mass is 10.1. The molecule has 0 aliphatic rings. The van der Waals surface area contributed by atoms with Crippen LogP contribution in [0.15, 0.2) is 36.4 Å². The molecule has 2 aromatic carbocycles. The van der Waals surface area contributed by atoms with E-state index in [-0.39, 0.29) is 17.9 Å². The molecule has 0 saturated heterocycles. The Hall–Kier alpha value is -3.82. The fourth-order valence-corrected chi connectivity index (χ4v) is 2.54. The monoisotopic (exact) mass is 418 g/mol. The summed E-state index contributed by atoms with van der Waals surface area (Å²) in [6.07, 6.45) is 0. The highest BCUT2D eigenvalue weighted by Gasteiger charge is 2.21. The van der Waals surface area contributed by atoms with Gasteiger partial charge in [0.25, 0.3) is 11.6 Å². The van der Waals surface area contributed by atoms with Crippen molar-refractivity contribution in [1.29, 1.82) is 0 Å². The average molecular weight is 418 g/mol. The van der Waals surface area contributed by atoms with E-state index in [1.807, 2.05) is 0 Å². The Morgan fingerprint density at radius 1 is 1.03 bits per heavy atom. The van der Waals surface area contributed by atoms with E-state index < -0.39 is 22.8 Å². The number of hydrogen-bond acceptors (Lipinski definition) is 8. The van der Waals surface area contributed by atoms with Gasteiger partial charge in [-0.05, 0) is 36.8 Å². The maximum absolute atomic E-state index is 12.5. The maximum atomic E-state index is 12.5. The lowest BCUT2D eigenvalue weighted by molar-refractivity contribution is -0.384. The van der Waals surface area contributed by atoms with Gasteiger partial charge in [-0.1, -0.05) is 0 Å². The summed E-state index contributed by atoms with van der Waals surface area (Å²) in [4.78, 5) is 34.9. The molecular weight excluding hydrogens is 396 g/mol. The van der Waals surface area contributed by atoms with Gasteiger partial charge < -0.3 is 24.3 Å². The van der Waals surface area contributed by atoms with Gasteiger partial charge in [-0.3, -0.25) is 14.9 Å². The van der Waals surface area contributed by atoms with Crippen LogP contribution in [0.5, 0.6) is 17.2 Å². The number of rotatable bonds is 9. The van der Waals surface area contributed by atoms with Gasteiger partial charge in [0, 0.05) is 17.7 Å². The van der Waals surface area contributed by atoms with Crippen LogP contribution in [0.25, 0.3) is 0 Å². The summed E-state index contributed by atoms with van der Waals surface area (Å²) < 4.78 is 20.8. The van der Waals surface area contributed by atoms with Gasteiger partial charge in [0.2, 0.25) is 5.75 Å². The quantitative estimate of drug-likeness (QED) is 0.374. The van der Waals surface area contributed by atoms with Crippen molar-refractivity contribution in [3.63, 3.8) is 0 Å². The number of carbonyl (C=O) groups excluding carboxylic acids is 2. The summed E-state index contributed by atoms with van der Waals surface area (Å²) in [7, 11) is 4.30. The van der Waals surface area contributed by atoms with Crippen LogP contribution in [0.3, 0.4) is 0 Å². The lowest BCUT2D eigenvalue weighted by Gasteiger charge is -2.16. The molecule has 2 aromatic rings. The van der Waals surface area contributed by atoms with Crippen molar-refractivity contribution < 1.29 is 33.5 Å². The molecule has 160 valence electrons. The Balaban J connectivity index is 2.01. The number of nitro groups is 1. The third-order valence-corrected chi connectivity index (χ3v) is 4.16. The van der Waals surface area contributed by atoms with Crippen LogP contribution in [0.2, 0.25) is 0 Å². The average Bonchev–Trinajstić information content (AvgIpc) is 2.76. The third kappa shape index (κ3) is 5.37. The van der Waals surface area contributed by atoms with Gasteiger partial charge in [-0.15, -0.1) is 0 Å². The van der Waals surface area contributed by atoms with E-state index >= 15 is 0 Å². The summed E-state index contributed by atoms with van der Waals surface area (Å²) in [5, 5.41) is 13.2. The Kier molecular flexibility index (Phi) is 7.56. The minimum absolute atomic E-state index is 0.0592. The first-order valence-electron chi connectivity index (χ1n) is 8.81. The second-order valence-corrected chi connectivity index (χ2v) is 6.14. The van der Waals surface area contributed by atoms with E-state index in [0.717, 1.165) is 0 Å². The smallest absolute Gasteiger partial charge is 0.328 e. The molecule has 0 aliphatic heterocycles. The number of benzene rings is 2. The van der Waals surface area contributed by atoms with Crippen LogP contribution in [-0.2, 0) is 16.1 Å². The standard InChI is InChI=1S/C20H22N2O8/c1-12(20(24)30-11-13-5-7-15(8-6-13)22(25)26)21-19(23)14-9-16(27-2)18(29-4)17(10-14)28-3/h5-10,12H,11H2,1-4H3,(H,21,23)/t12-/m0/s1. The van der Waals surface area contributed by atoms with E-state index in [0.29, 0.717) is 22.8 Å². The highest BCUT2D eigenvalue weighted by Crippen LogP contribution is 2.38. The SMILES string of the molecule is COc1cc(C(=O)N[C@@H](C)C(=O)OCc2ccc([N+](=O)[O-])cc2)cc(OC)c1OC. The number of amides is 1. The minimum Gasteiger partial charge on any atom is -0.493 e. The third-order valence-electron chi connectivity index (χ3n) is 4.16. The summed E-state index contributed by atoms with van der Waals surface area (Å²) in [5.41, 5.74) is 0.729. The summed E-state index contributed by atoms with van der Waals surface area (Å²) in [6, 6.07) is 7.61. The minimum atomic E-state index is -0.936. The molecule has 0 bridgehead atoms. The van der Waals surface area contributed by atoms with Crippen molar-refractivity contribution in [3.8, 4) is 17.2 Å². The van der Waals surface area contributed by atoms with Crippen molar-refractivity contribution in [1.82, 2.24) is 5.32 Å². The summed E-state index contributed by atoms with van der Waals surface area (Å²) in [5.74, 6) is -0.249. The number of ether oxygens (including phenoxy) is 4. The van der Waals surface area contributed by atoms with Crippen molar-refractivity contribution in [3.05, 3.63) is 57.6 Å². The fourth-order valence-electron chi connectivity index (χ4n) is 2.54. The number of carbonyl (C=O) groups is 2. The molecule has 0 saturated carbocycles. The molecule has 10 heteroatoms. The van der Waals surface area contributed by atoms with Gasteiger partial charge in [0.05, 0.1) is 26.3 Å². The molecule has 0 radical (unpaired) electrons. The predicted octanol–water partition coefficient (Wildman–Crippen LogP) is 2.48. The summed E-state index contributed by atoms with van der Waals surface area (Å²) >= 11 is 0. The Bertz CT molecular complexity index is 902. The Morgan fingerprint density at radius 3 is 2.07 bits per heavy atom. The van der Waals surface area contributed by atoms with Crippen LogP contribution in [0.1, 0.15) is 22.8 Å². The fraction of sp³-hybridized carbons (Fsp3) is 0.300. The second-order valence-electron chi connectivity index (χ2n) is 6.14. The van der Waals surface area contributed by atoms with Gasteiger partial charge in [0.15, 0.2) is 11.5 Å². The van der Waals surface area contributed by atoms with Crippen molar-refractivity contribution in [2.45, 2.75) is 19.6 Å². The molecule has 1 atom stereocenters. The molecule has 2 rings (SSSR count). The molecule has 0 spiro atoms. The van der Waals surface area contributed by atoms with Gasteiger partial charge in [-0.2, -0.15) is 0 Å². The topological polar surface area (TPSA) is 126 Å². The first kappa shape index (κ1) is 22.5. The molecule has 1 amide bonds. The largest absolute Gasteiger partial charge is 0.493 e. The normalized spacial score (nSPS) is 11.2. The molecule has 0 aliphatic carbocycles. The number of methoxy groups -OCH3 is 3. The number of nitrogens with zero attached hydrogens (tertiary/aromatic N) is 1. The van der Waals surface area contributed by atoms with Crippen LogP contribution in [0.4, 0.5) is 5.69 Å². The molecule has 30 heavy (non-hydrogen) atoms. The van der Waals surface area contributed by atoms with E-state index in [2.05, 4.69) is 5.32 Å². The molecule has 0 heterocycles. The van der Waals surface area contributed by atoms with Gasteiger partial charge >= 0.3 is 5.97 Å². The first-order valence-corrected chi connectivity index (χ1v) is 8.81. The Labute approximate surface area is 172 Å². The maximum Gasteiger partial charge on any atom is 0.328 e. The van der Waals surface area contributed by atoms with E-state index in [1.54, 1.807) is 0 Å². The Morgan fingerprint density at radius 2 is 1.60 bits per heavy atom. The second kappa shape index (κ2) is 10.1. The van der Waals surface area contributed by atoms with E-state index in [1.165, 1.54) is 64.7 Å². The van der Waals surface area contributed by atoms with Crippen molar-refractivity contribution >= 4 is 17.6 Å². The molecular formula is C20H22N2O8. The van der Waals surface area contributed by atoms with Gasteiger partial charge in [-0.25, -0.2) is 4.79 Å². The van der Waals surface area contributed by atoms with Gasteiger partial charge in [0.1, 0.15) is 12.6 Å². The van der Waals surface area contributed by atoms with Crippen LogP contribution in [0, 0.1) is 10.1 Å². The first-order chi connectivity index (χ1) is 14.3. The zero-order valence-electron chi connectivity index (χ0n) is 17.0. The highest BCUT2D eigenvalue weighted by atomic mass is 16.6. The molecule has 10 nitrogen and oxygen atoms in total. The lowest BCUT2D eigenvalue weighted by Crippen LogP contribution is -2.39. The predicted molar refractivity (Wildman–Crippen MR) is 106 cm³/mol. The van der Waals surface area contributed by atoms with E-state index in [9.17, 15) is 19.7 Å². The number of esters is 1. The zero-order valence-corrected chi connectivity index (χ0v) is 17.0. The number of non-ortho nitro benzene ring substituents is 1. The molecule has 0 fully saturated rings. The number of nitro benzene ring substituents is 1. The molecule has 0 unspecified atom stereocenters. The number of nitrogens with one attached hydrogen (secondary N) is 1. The van der Waals surface area contributed by atoms with Crippen molar-refractivity contribution in [2.75, 3.05) is 21.3 Å². The molecule has 1 N–H and O–H groups in total. The van der Waals surface area contributed by atoms with E-state index in [4.69, 9.17) is 18.9 Å². The molecule has 0 aromatic heterocycles. The van der Waals surface area contributed by atoms with Crippen LogP contribution >= 0.6 is 0 Å². The van der Waals surface area contributed by atoms with Crippen LogP contribution < -0.4 is 19.5 Å². The van der Waals surface area contributed by atoms with Crippen molar-refractivity contribution in [2.24, 2.45) is 0 Å². The highest BCUT2D eigenvalue weighted by molar-refractivity contribution is 5.97. The van der Waals surface area contributed by atoms with Crippen LogP contribution in [-0.4, -0.2) is 44.2 Å². The summed E-state index contributed by atoms with van der Waals surface area (Å²) in [6.45, 7) is 1.40. The number of hydrogen-bond donors (Lipinski definition) is 1.